The molecule has 0 N–H and O–H groups in total. The third-order valence-electron chi connectivity index (χ3n) is 3.81. The van der Waals surface area contributed by atoms with E-state index in [-0.39, 0.29) is 5.97 Å². The van der Waals surface area contributed by atoms with Crippen molar-refractivity contribution in [3.8, 4) is 0 Å². The standard InChI is InChI=1S/C14H28N2O2/c1-14(2,13(17)18-5)11-16(4)9-7-12-6-8-15(3)10-12/h12H,6-11H2,1-5H3. The Labute approximate surface area is 111 Å². The average molecular weight is 256 g/mol. The van der Waals surface area contributed by atoms with Crippen molar-refractivity contribution in [3.63, 3.8) is 0 Å². The van der Waals surface area contributed by atoms with E-state index < -0.39 is 5.41 Å². The maximum absolute atomic E-state index is 11.6. The molecule has 0 aromatic carbocycles. The Morgan fingerprint density at radius 3 is 2.67 bits per heavy atom. The molecule has 4 heteroatoms. The average Bonchev–Trinajstić information content (AvgIpc) is 2.70. The van der Waals surface area contributed by atoms with Gasteiger partial charge in [-0.3, -0.25) is 4.79 Å². The van der Waals surface area contributed by atoms with Crippen LogP contribution in [-0.4, -0.2) is 63.2 Å². The second kappa shape index (κ2) is 6.53. The van der Waals surface area contributed by atoms with Gasteiger partial charge in [0.1, 0.15) is 0 Å². The van der Waals surface area contributed by atoms with Gasteiger partial charge in [-0.15, -0.1) is 0 Å². The molecule has 1 aliphatic rings. The molecule has 106 valence electrons. The second-order valence-electron chi connectivity index (χ2n) is 6.32. The Morgan fingerprint density at radius 2 is 2.17 bits per heavy atom. The molecule has 0 aromatic rings. The van der Waals surface area contributed by atoms with E-state index in [1.165, 1.54) is 33.0 Å². The summed E-state index contributed by atoms with van der Waals surface area (Å²) < 4.78 is 4.84. The highest BCUT2D eigenvalue weighted by atomic mass is 16.5. The summed E-state index contributed by atoms with van der Waals surface area (Å²) in [5, 5.41) is 0. The van der Waals surface area contributed by atoms with Gasteiger partial charge in [0.05, 0.1) is 12.5 Å². The summed E-state index contributed by atoms with van der Waals surface area (Å²) in [4.78, 5) is 16.3. The molecule has 1 unspecified atom stereocenters. The van der Waals surface area contributed by atoms with Crippen LogP contribution in [0.3, 0.4) is 0 Å². The fraction of sp³-hybridized carbons (Fsp3) is 0.929. The van der Waals surface area contributed by atoms with E-state index >= 15 is 0 Å². The summed E-state index contributed by atoms with van der Waals surface area (Å²) in [6.07, 6.45) is 2.53. The number of carbonyl (C=O) groups is 1. The summed E-state index contributed by atoms with van der Waals surface area (Å²) in [6.45, 7) is 8.13. The van der Waals surface area contributed by atoms with E-state index in [4.69, 9.17) is 4.74 Å². The molecule has 0 saturated carbocycles. The monoisotopic (exact) mass is 256 g/mol. The van der Waals surface area contributed by atoms with Crippen LogP contribution in [0.2, 0.25) is 0 Å². The molecule has 0 bridgehead atoms. The Kier molecular flexibility index (Phi) is 5.60. The maximum Gasteiger partial charge on any atom is 0.312 e. The number of ether oxygens (including phenoxy) is 1. The fourth-order valence-electron chi connectivity index (χ4n) is 2.76. The zero-order valence-corrected chi connectivity index (χ0v) is 12.5. The topological polar surface area (TPSA) is 32.8 Å². The highest BCUT2D eigenvalue weighted by Crippen LogP contribution is 2.21. The van der Waals surface area contributed by atoms with E-state index in [1.54, 1.807) is 0 Å². The Balaban J connectivity index is 2.28. The molecule has 0 radical (unpaired) electrons. The number of hydrogen-bond donors (Lipinski definition) is 0. The summed E-state index contributed by atoms with van der Waals surface area (Å²) >= 11 is 0. The zero-order chi connectivity index (χ0) is 13.8. The lowest BCUT2D eigenvalue weighted by Gasteiger charge is -2.28. The lowest BCUT2D eigenvalue weighted by molar-refractivity contribution is -0.151. The molecule has 1 atom stereocenters. The quantitative estimate of drug-likeness (QED) is 0.674. The van der Waals surface area contributed by atoms with Crippen LogP contribution in [0.5, 0.6) is 0 Å². The number of hydrogen-bond acceptors (Lipinski definition) is 4. The predicted octanol–water partition coefficient (Wildman–Crippen LogP) is 1.46. The van der Waals surface area contributed by atoms with Gasteiger partial charge in [-0.25, -0.2) is 0 Å². The largest absolute Gasteiger partial charge is 0.469 e. The molecule has 0 aromatic heterocycles. The first-order valence-electron chi connectivity index (χ1n) is 6.80. The lowest BCUT2D eigenvalue weighted by Crippen LogP contribution is -2.38. The Bertz CT molecular complexity index is 279. The van der Waals surface area contributed by atoms with Gasteiger partial charge in [-0.05, 0) is 59.8 Å². The van der Waals surface area contributed by atoms with Crippen LogP contribution >= 0.6 is 0 Å². The highest BCUT2D eigenvalue weighted by molar-refractivity contribution is 5.76. The molecule has 1 saturated heterocycles. The van der Waals surface area contributed by atoms with Gasteiger partial charge in [-0.1, -0.05) is 0 Å². The number of methoxy groups -OCH3 is 1. The van der Waals surface area contributed by atoms with Crippen molar-refractivity contribution in [1.82, 2.24) is 9.80 Å². The van der Waals surface area contributed by atoms with Gasteiger partial charge in [-0.2, -0.15) is 0 Å². The van der Waals surface area contributed by atoms with Crippen LogP contribution in [0, 0.1) is 11.3 Å². The molecule has 1 aliphatic heterocycles. The summed E-state index contributed by atoms with van der Waals surface area (Å²) in [5.74, 6) is 0.689. The number of rotatable bonds is 6. The molecule has 0 amide bonds. The SMILES string of the molecule is COC(=O)C(C)(C)CN(C)CCC1CCN(C)C1. The van der Waals surface area contributed by atoms with Crippen LogP contribution in [0.15, 0.2) is 0 Å². The Hall–Kier alpha value is -0.610. The minimum absolute atomic E-state index is 0.130. The van der Waals surface area contributed by atoms with Gasteiger partial charge >= 0.3 is 5.97 Å². The smallest absolute Gasteiger partial charge is 0.312 e. The van der Waals surface area contributed by atoms with Gasteiger partial charge in [0, 0.05) is 13.1 Å². The first kappa shape index (κ1) is 15.4. The lowest BCUT2D eigenvalue weighted by atomic mass is 9.93. The number of esters is 1. The molecule has 18 heavy (non-hydrogen) atoms. The van der Waals surface area contributed by atoms with Crippen LogP contribution < -0.4 is 0 Å². The zero-order valence-electron chi connectivity index (χ0n) is 12.5. The minimum Gasteiger partial charge on any atom is -0.469 e. The summed E-state index contributed by atoms with van der Waals surface area (Å²) in [5.41, 5.74) is -0.421. The van der Waals surface area contributed by atoms with Gasteiger partial charge in [0.25, 0.3) is 0 Å². The maximum atomic E-state index is 11.6. The molecule has 0 aliphatic carbocycles. The molecule has 1 fully saturated rings. The van der Waals surface area contributed by atoms with Gasteiger partial charge < -0.3 is 14.5 Å². The summed E-state index contributed by atoms with van der Waals surface area (Å²) in [6, 6.07) is 0. The van der Waals surface area contributed by atoms with Crippen molar-refractivity contribution in [2.75, 3.05) is 47.4 Å². The molecular formula is C14H28N2O2. The number of likely N-dealkylation sites (tertiary alicyclic amines) is 1. The predicted molar refractivity (Wildman–Crippen MR) is 73.5 cm³/mol. The first-order chi connectivity index (χ1) is 8.35. The minimum atomic E-state index is -0.421. The van der Waals surface area contributed by atoms with Crippen LogP contribution in [0.4, 0.5) is 0 Å². The highest BCUT2D eigenvalue weighted by Gasteiger charge is 2.30. The third kappa shape index (κ3) is 4.58. The van der Waals surface area contributed by atoms with Crippen molar-refractivity contribution >= 4 is 5.97 Å². The van der Waals surface area contributed by atoms with Crippen molar-refractivity contribution in [2.24, 2.45) is 11.3 Å². The van der Waals surface area contributed by atoms with E-state index in [0.29, 0.717) is 0 Å². The van der Waals surface area contributed by atoms with E-state index in [9.17, 15) is 4.79 Å². The molecular weight excluding hydrogens is 228 g/mol. The Morgan fingerprint density at radius 1 is 1.50 bits per heavy atom. The third-order valence-corrected chi connectivity index (χ3v) is 3.81. The van der Waals surface area contributed by atoms with Crippen molar-refractivity contribution in [3.05, 3.63) is 0 Å². The number of carbonyl (C=O) groups excluding carboxylic acids is 1. The first-order valence-corrected chi connectivity index (χ1v) is 6.80. The van der Waals surface area contributed by atoms with E-state index in [0.717, 1.165) is 19.0 Å². The van der Waals surface area contributed by atoms with Crippen LogP contribution in [0.25, 0.3) is 0 Å². The van der Waals surface area contributed by atoms with Gasteiger partial charge in [0.15, 0.2) is 0 Å². The van der Waals surface area contributed by atoms with E-state index in [1.807, 2.05) is 13.8 Å². The normalized spacial score (nSPS) is 21.6. The van der Waals surface area contributed by atoms with Gasteiger partial charge in [0.2, 0.25) is 0 Å². The molecule has 1 heterocycles. The number of nitrogens with zero attached hydrogens (tertiary/aromatic N) is 2. The van der Waals surface area contributed by atoms with E-state index in [2.05, 4.69) is 23.9 Å². The second-order valence-corrected chi connectivity index (χ2v) is 6.32. The molecule has 1 rings (SSSR count). The molecule has 4 nitrogen and oxygen atoms in total. The summed E-state index contributed by atoms with van der Waals surface area (Å²) in [7, 11) is 5.73. The van der Waals surface area contributed by atoms with Crippen molar-refractivity contribution in [2.45, 2.75) is 26.7 Å². The van der Waals surface area contributed by atoms with Crippen molar-refractivity contribution in [1.29, 1.82) is 0 Å². The van der Waals surface area contributed by atoms with Crippen molar-refractivity contribution < 1.29 is 9.53 Å². The fourth-order valence-corrected chi connectivity index (χ4v) is 2.76. The van der Waals surface area contributed by atoms with Crippen LogP contribution in [0.1, 0.15) is 26.7 Å². The van der Waals surface area contributed by atoms with Crippen LogP contribution in [-0.2, 0) is 9.53 Å². The molecule has 0 spiro atoms.